The fourth-order valence-electron chi connectivity index (χ4n) is 2.94. The van der Waals surface area contributed by atoms with E-state index in [9.17, 15) is 4.79 Å². The molecule has 0 bridgehead atoms. The van der Waals surface area contributed by atoms with Crippen LogP contribution in [0.1, 0.15) is 11.1 Å². The molecule has 0 radical (unpaired) electrons. The number of fused-ring (bicyclic) bond motifs is 2. The van der Waals surface area contributed by atoms with Gasteiger partial charge in [-0.2, -0.15) is 5.26 Å². The molecule has 0 fully saturated rings. The molecule has 2 aromatic carbocycles. The first-order chi connectivity index (χ1) is 14.8. The molecule has 2 aromatic heterocycles. The molecule has 0 aliphatic heterocycles. The van der Waals surface area contributed by atoms with Crippen LogP contribution in [-0.4, -0.2) is 21.0 Å². The molecule has 0 aliphatic carbocycles. The maximum Gasteiger partial charge on any atom is 0.307 e. The number of aliphatic carboxylic acids is 1. The summed E-state index contributed by atoms with van der Waals surface area (Å²) in [7, 11) is 0. The Bertz CT molecular complexity index is 1340. The van der Waals surface area contributed by atoms with Crippen molar-refractivity contribution in [2.24, 2.45) is 0 Å². The lowest BCUT2D eigenvalue weighted by molar-refractivity contribution is -0.136. The number of hydrogen-bond acceptors (Lipinski definition) is 4. The number of pyridine rings is 2. The van der Waals surface area contributed by atoms with E-state index in [0.29, 0.717) is 16.5 Å². The predicted molar refractivity (Wildman–Crippen MR) is 140 cm³/mol. The summed E-state index contributed by atoms with van der Waals surface area (Å²) in [6.45, 7) is 0. The van der Waals surface area contributed by atoms with Crippen molar-refractivity contribution in [2.45, 2.75) is 12.8 Å². The number of nitriles is 1. The van der Waals surface area contributed by atoms with Crippen LogP contribution in [0.15, 0.2) is 48.8 Å². The van der Waals surface area contributed by atoms with Gasteiger partial charge in [0.15, 0.2) is 0 Å². The van der Waals surface area contributed by atoms with Gasteiger partial charge in [0.25, 0.3) is 0 Å². The summed E-state index contributed by atoms with van der Waals surface area (Å²) in [5, 5.41) is 20.4. The molecule has 0 saturated carbocycles. The second-order valence-corrected chi connectivity index (χ2v) is 9.71. The number of aromatic nitrogens is 2. The molecular formula is C22H13Cl2I2N3O2. The molecule has 5 nitrogen and oxygen atoms in total. The summed E-state index contributed by atoms with van der Waals surface area (Å²) in [6.07, 6.45) is 3.65. The van der Waals surface area contributed by atoms with Crippen molar-refractivity contribution in [2.75, 3.05) is 0 Å². The Morgan fingerprint density at radius 1 is 0.903 bits per heavy atom. The minimum Gasteiger partial charge on any atom is -0.481 e. The van der Waals surface area contributed by atoms with E-state index in [-0.39, 0.29) is 6.42 Å². The quantitative estimate of drug-likeness (QED) is 0.245. The van der Waals surface area contributed by atoms with Gasteiger partial charge in [0.2, 0.25) is 0 Å². The van der Waals surface area contributed by atoms with Crippen molar-refractivity contribution in [1.82, 2.24) is 9.97 Å². The Morgan fingerprint density at radius 2 is 1.39 bits per heavy atom. The average molecular weight is 676 g/mol. The van der Waals surface area contributed by atoms with Crippen LogP contribution in [0, 0.1) is 18.5 Å². The molecular weight excluding hydrogens is 663 g/mol. The van der Waals surface area contributed by atoms with Crippen LogP contribution in [0.4, 0.5) is 0 Å². The third-order valence-corrected chi connectivity index (χ3v) is 6.22. The summed E-state index contributed by atoms with van der Waals surface area (Å²) in [5.74, 6) is -0.842. The number of carboxylic acid groups (broad SMARTS) is 1. The number of rotatable bonds is 3. The summed E-state index contributed by atoms with van der Waals surface area (Å²) >= 11 is 16.1. The van der Waals surface area contributed by atoms with Crippen LogP contribution < -0.4 is 0 Å². The zero-order valence-corrected chi connectivity index (χ0v) is 21.6. The molecule has 0 atom stereocenters. The summed E-state index contributed by atoms with van der Waals surface area (Å²) in [5.41, 5.74) is 3.53. The Kier molecular flexibility index (Phi) is 8.27. The van der Waals surface area contributed by atoms with Gasteiger partial charge in [-0.15, -0.1) is 0 Å². The number of hydrogen-bond donors (Lipinski definition) is 1. The van der Waals surface area contributed by atoms with E-state index in [2.05, 4.69) is 61.2 Å². The Labute approximate surface area is 215 Å². The third kappa shape index (κ3) is 6.38. The lowest BCUT2D eigenvalue weighted by Gasteiger charge is -2.04. The van der Waals surface area contributed by atoms with Gasteiger partial charge in [-0.3, -0.25) is 14.8 Å². The highest BCUT2D eigenvalue weighted by Crippen LogP contribution is 2.24. The zero-order chi connectivity index (χ0) is 22.5. The molecule has 4 rings (SSSR count). The first-order valence-electron chi connectivity index (χ1n) is 8.83. The molecule has 31 heavy (non-hydrogen) atoms. The van der Waals surface area contributed by atoms with Crippen LogP contribution >= 0.6 is 68.4 Å². The second-order valence-electron chi connectivity index (χ2n) is 6.51. The van der Waals surface area contributed by atoms with Crippen LogP contribution in [0.25, 0.3) is 21.8 Å². The molecule has 4 aromatic rings. The maximum atomic E-state index is 10.6. The van der Waals surface area contributed by atoms with Gasteiger partial charge in [-0.05, 0) is 92.7 Å². The number of nitrogens with zero attached hydrogens (tertiary/aromatic N) is 3. The fraction of sp³-hybridized carbons (Fsp3) is 0.0909. The first kappa shape index (κ1) is 23.9. The van der Waals surface area contributed by atoms with Gasteiger partial charge in [0, 0.05) is 30.3 Å². The highest BCUT2D eigenvalue weighted by molar-refractivity contribution is 14.1. The monoisotopic (exact) mass is 675 g/mol. The van der Waals surface area contributed by atoms with E-state index < -0.39 is 5.97 Å². The van der Waals surface area contributed by atoms with E-state index in [0.717, 1.165) is 40.1 Å². The highest BCUT2D eigenvalue weighted by Gasteiger charge is 2.07. The Balaban J connectivity index is 0.000000176. The number of carboxylic acids is 1. The SMILES string of the molecule is N#CCc1cc(I)c2ncc(Cl)cc2c1.O=C(O)Cc1cc(I)c2ncc(Cl)cc2c1. The molecule has 0 amide bonds. The van der Waals surface area contributed by atoms with E-state index in [1.807, 2.05) is 30.3 Å². The summed E-state index contributed by atoms with van der Waals surface area (Å²) in [4.78, 5) is 19.1. The second kappa shape index (κ2) is 10.7. The molecule has 9 heteroatoms. The largest absolute Gasteiger partial charge is 0.481 e. The molecule has 0 unspecified atom stereocenters. The van der Waals surface area contributed by atoms with Crippen molar-refractivity contribution < 1.29 is 9.90 Å². The summed E-state index contributed by atoms with van der Waals surface area (Å²) in [6, 6.07) is 13.4. The van der Waals surface area contributed by atoms with Gasteiger partial charge in [0.1, 0.15) is 0 Å². The smallest absolute Gasteiger partial charge is 0.307 e. The third-order valence-electron chi connectivity index (χ3n) is 4.16. The molecule has 156 valence electrons. The number of carbonyl (C=O) groups is 1. The van der Waals surface area contributed by atoms with Crippen LogP contribution in [-0.2, 0) is 17.6 Å². The van der Waals surface area contributed by atoms with Crippen LogP contribution in [0.5, 0.6) is 0 Å². The van der Waals surface area contributed by atoms with Gasteiger partial charge in [-0.25, -0.2) is 0 Å². The lowest BCUT2D eigenvalue weighted by atomic mass is 10.1. The lowest BCUT2D eigenvalue weighted by Crippen LogP contribution is -2.00. The van der Waals surface area contributed by atoms with E-state index in [4.69, 9.17) is 33.6 Å². The van der Waals surface area contributed by atoms with Gasteiger partial charge < -0.3 is 5.11 Å². The minimum absolute atomic E-state index is 0.0124. The minimum atomic E-state index is -0.842. The molecule has 0 spiro atoms. The highest BCUT2D eigenvalue weighted by atomic mass is 127. The first-order valence-corrected chi connectivity index (χ1v) is 11.7. The predicted octanol–water partition coefficient (Wildman–Crippen LogP) is 6.68. The van der Waals surface area contributed by atoms with E-state index >= 15 is 0 Å². The molecule has 0 saturated heterocycles. The van der Waals surface area contributed by atoms with Crippen LogP contribution in [0.2, 0.25) is 10.0 Å². The number of benzene rings is 2. The average Bonchev–Trinajstić information content (AvgIpc) is 2.67. The van der Waals surface area contributed by atoms with E-state index in [1.54, 1.807) is 18.5 Å². The maximum absolute atomic E-state index is 10.6. The molecule has 2 heterocycles. The van der Waals surface area contributed by atoms with Crippen LogP contribution in [0.3, 0.4) is 0 Å². The Morgan fingerprint density at radius 3 is 1.87 bits per heavy atom. The zero-order valence-electron chi connectivity index (χ0n) is 15.7. The number of halogens is 4. The van der Waals surface area contributed by atoms with Gasteiger partial charge in [0.05, 0.1) is 40.0 Å². The topological polar surface area (TPSA) is 86.9 Å². The normalized spacial score (nSPS) is 10.4. The Hall–Kier alpha value is -1.74. The van der Waals surface area contributed by atoms with Gasteiger partial charge >= 0.3 is 5.97 Å². The van der Waals surface area contributed by atoms with Crippen molar-refractivity contribution in [1.29, 1.82) is 5.26 Å². The van der Waals surface area contributed by atoms with Crippen molar-refractivity contribution >= 4 is 96.2 Å². The van der Waals surface area contributed by atoms with E-state index in [1.165, 1.54) is 0 Å². The fourth-order valence-corrected chi connectivity index (χ4v) is 4.98. The summed E-state index contributed by atoms with van der Waals surface area (Å²) < 4.78 is 1.98. The standard InChI is InChI=1S/C11H6ClIN2.C11H7ClINO2/c12-9-5-8-3-7(1-2-14)4-10(13)11(8)15-6-9;12-8-4-7-1-6(3-10(15)16)2-9(13)11(7)14-5-8/h3-6H,1H2;1-2,4-5H,3H2,(H,15,16). The molecule has 0 aliphatic rings. The van der Waals surface area contributed by atoms with Crippen molar-refractivity contribution in [3.63, 3.8) is 0 Å². The van der Waals surface area contributed by atoms with Gasteiger partial charge in [-0.1, -0.05) is 23.2 Å². The van der Waals surface area contributed by atoms with Crippen molar-refractivity contribution in [3.8, 4) is 6.07 Å². The molecule has 1 N–H and O–H groups in total. The van der Waals surface area contributed by atoms with Crippen molar-refractivity contribution in [3.05, 3.63) is 77.1 Å².